The van der Waals surface area contributed by atoms with Gasteiger partial charge in [-0.15, -0.1) is 0 Å². The fraction of sp³-hybridized carbons (Fsp3) is 0.385. The standard InChI is InChI=1S/C13H15N3O4/c1-2-3-9(13(17)18)8-15-11-4-5-12(16(19)20)10(6-11)7-14/h4-6,9,15H,2-3,8H2,1H3,(H,17,18). The van der Waals surface area contributed by atoms with Gasteiger partial charge in [0, 0.05) is 18.3 Å². The summed E-state index contributed by atoms with van der Waals surface area (Å²) in [5.74, 6) is -1.41. The number of carbonyl (C=O) groups is 1. The van der Waals surface area contributed by atoms with E-state index < -0.39 is 16.8 Å². The molecule has 0 amide bonds. The first kappa shape index (κ1) is 15.4. The molecule has 0 radical (unpaired) electrons. The van der Waals surface area contributed by atoms with Crippen LogP contribution in [-0.2, 0) is 4.79 Å². The van der Waals surface area contributed by atoms with E-state index in [9.17, 15) is 14.9 Å². The lowest BCUT2D eigenvalue weighted by Gasteiger charge is -2.13. The molecule has 0 saturated heterocycles. The van der Waals surface area contributed by atoms with Crippen molar-refractivity contribution in [1.82, 2.24) is 0 Å². The lowest BCUT2D eigenvalue weighted by molar-refractivity contribution is -0.385. The predicted octanol–water partition coefficient (Wildman–Crippen LogP) is 2.38. The number of carboxylic acids is 1. The molecule has 1 unspecified atom stereocenters. The fourth-order valence-electron chi connectivity index (χ4n) is 1.80. The molecule has 0 spiro atoms. The van der Waals surface area contributed by atoms with Crippen LogP contribution in [0.15, 0.2) is 18.2 Å². The van der Waals surface area contributed by atoms with Gasteiger partial charge in [0.05, 0.1) is 10.8 Å². The molecule has 0 aliphatic rings. The van der Waals surface area contributed by atoms with Crippen LogP contribution in [0.5, 0.6) is 0 Å². The van der Waals surface area contributed by atoms with Gasteiger partial charge in [-0.1, -0.05) is 13.3 Å². The Labute approximate surface area is 116 Å². The summed E-state index contributed by atoms with van der Waals surface area (Å²) in [6.07, 6.45) is 1.29. The van der Waals surface area contributed by atoms with Gasteiger partial charge in [0.1, 0.15) is 11.6 Å². The van der Waals surface area contributed by atoms with E-state index in [1.807, 2.05) is 6.92 Å². The minimum atomic E-state index is -0.887. The molecule has 106 valence electrons. The topological polar surface area (TPSA) is 116 Å². The van der Waals surface area contributed by atoms with E-state index in [0.717, 1.165) is 6.42 Å². The number of nitrogens with one attached hydrogen (secondary N) is 1. The van der Waals surface area contributed by atoms with E-state index in [0.29, 0.717) is 12.1 Å². The zero-order chi connectivity index (χ0) is 15.1. The zero-order valence-electron chi connectivity index (χ0n) is 11.0. The lowest BCUT2D eigenvalue weighted by Crippen LogP contribution is -2.22. The summed E-state index contributed by atoms with van der Waals surface area (Å²) in [6.45, 7) is 2.11. The first-order valence-electron chi connectivity index (χ1n) is 6.14. The Morgan fingerprint density at radius 1 is 1.60 bits per heavy atom. The number of hydrogen-bond donors (Lipinski definition) is 2. The van der Waals surface area contributed by atoms with Crippen LogP contribution in [0.1, 0.15) is 25.3 Å². The smallest absolute Gasteiger partial charge is 0.308 e. The fourth-order valence-corrected chi connectivity index (χ4v) is 1.80. The molecule has 1 rings (SSSR count). The average molecular weight is 277 g/mol. The first-order chi connectivity index (χ1) is 9.49. The number of nitro groups is 1. The van der Waals surface area contributed by atoms with E-state index in [-0.39, 0.29) is 17.8 Å². The molecular weight excluding hydrogens is 262 g/mol. The quantitative estimate of drug-likeness (QED) is 0.583. The van der Waals surface area contributed by atoms with Crippen molar-refractivity contribution in [2.24, 2.45) is 5.92 Å². The van der Waals surface area contributed by atoms with Gasteiger partial charge in [0.15, 0.2) is 0 Å². The van der Waals surface area contributed by atoms with Crippen molar-refractivity contribution in [2.45, 2.75) is 19.8 Å². The van der Waals surface area contributed by atoms with E-state index in [1.165, 1.54) is 18.2 Å². The largest absolute Gasteiger partial charge is 0.481 e. The van der Waals surface area contributed by atoms with Gasteiger partial charge >= 0.3 is 5.97 Å². The minimum absolute atomic E-state index is 0.0534. The molecule has 2 N–H and O–H groups in total. The molecule has 0 aliphatic carbocycles. The maximum atomic E-state index is 11.0. The van der Waals surface area contributed by atoms with Crippen molar-refractivity contribution < 1.29 is 14.8 Å². The minimum Gasteiger partial charge on any atom is -0.481 e. The molecule has 7 nitrogen and oxygen atoms in total. The summed E-state index contributed by atoms with van der Waals surface area (Å²) in [4.78, 5) is 21.1. The molecular formula is C13H15N3O4. The SMILES string of the molecule is CCCC(CNc1ccc([N+](=O)[O-])c(C#N)c1)C(=O)O. The lowest BCUT2D eigenvalue weighted by atomic mass is 10.0. The normalized spacial score (nSPS) is 11.4. The number of anilines is 1. The summed E-state index contributed by atoms with van der Waals surface area (Å²) in [7, 11) is 0. The van der Waals surface area contributed by atoms with E-state index >= 15 is 0 Å². The van der Waals surface area contributed by atoms with Crippen molar-refractivity contribution in [3.8, 4) is 6.07 Å². The summed E-state index contributed by atoms with van der Waals surface area (Å²) in [5.41, 5.74) is 0.179. The Kier molecular flexibility index (Phi) is 5.47. The second-order valence-electron chi connectivity index (χ2n) is 4.31. The van der Waals surface area contributed by atoms with E-state index in [2.05, 4.69) is 5.32 Å². The molecule has 0 aromatic heterocycles. The number of nitro benzene ring substituents is 1. The van der Waals surface area contributed by atoms with Gasteiger partial charge in [-0.25, -0.2) is 0 Å². The molecule has 1 aromatic carbocycles. The highest BCUT2D eigenvalue weighted by Gasteiger charge is 2.17. The van der Waals surface area contributed by atoms with Gasteiger partial charge in [0.2, 0.25) is 0 Å². The number of hydrogen-bond acceptors (Lipinski definition) is 5. The zero-order valence-corrected chi connectivity index (χ0v) is 11.0. The molecule has 7 heteroatoms. The Hall–Kier alpha value is -2.62. The van der Waals surface area contributed by atoms with E-state index in [1.54, 1.807) is 6.07 Å². The summed E-state index contributed by atoms with van der Waals surface area (Å²) in [5, 5.41) is 31.5. The molecule has 0 bridgehead atoms. The highest BCUT2D eigenvalue weighted by molar-refractivity contribution is 5.71. The van der Waals surface area contributed by atoms with Gasteiger partial charge in [-0.05, 0) is 18.6 Å². The molecule has 0 heterocycles. The number of nitriles is 1. The second kappa shape index (κ2) is 7.09. The number of carboxylic acid groups (broad SMARTS) is 1. The van der Waals surface area contributed by atoms with Crippen LogP contribution < -0.4 is 5.32 Å². The summed E-state index contributed by atoms with van der Waals surface area (Å²) in [6, 6.07) is 5.80. The predicted molar refractivity (Wildman–Crippen MR) is 72.3 cm³/mol. The molecule has 20 heavy (non-hydrogen) atoms. The van der Waals surface area contributed by atoms with Crippen LogP contribution in [0.25, 0.3) is 0 Å². The maximum Gasteiger partial charge on any atom is 0.308 e. The first-order valence-corrected chi connectivity index (χ1v) is 6.14. The second-order valence-corrected chi connectivity index (χ2v) is 4.31. The molecule has 1 aromatic rings. The van der Waals surface area contributed by atoms with Gasteiger partial charge in [-0.2, -0.15) is 5.26 Å². The van der Waals surface area contributed by atoms with Gasteiger partial charge in [0.25, 0.3) is 5.69 Å². The van der Waals surface area contributed by atoms with Crippen molar-refractivity contribution in [2.75, 3.05) is 11.9 Å². The van der Waals surface area contributed by atoms with Crippen LogP contribution in [0, 0.1) is 27.4 Å². The number of nitrogens with zero attached hydrogens (tertiary/aromatic N) is 2. The monoisotopic (exact) mass is 277 g/mol. The van der Waals surface area contributed by atoms with Crippen molar-refractivity contribution in [3.63, 3.8) is 0 Å². The van der Waals surface area contributed by atoms with Crippen LogP contribution >= 0.6 is 0 Å². The molecule has 1 atom stereocenters. The van der Waals surface area contributed by atoms with Crippen molar-refractivity contribution >= 4 is 17.3 Å². The highest BCUT2D eigenvalue weighted by Crippen LogP contribution is 2.22. The van der Waals surface area contributed by atoms with Gasteiger partial charge < -0.3 is 10.4 Å². The third kappa shape index (κ3) is 3.95. The van der Waals surface area contributed by atoms with Crippen LogP contribution in [-0.4, -0.2) is 22.5 Å². The Bertz CT molecular complexity index is 551. The Balaban J connectivity index is 2.81. The third-order valence-electron chi connectivity index (χ3n) is 2.85. The van der Waals surface area contributed by atoms with E-state index in [4.69, 9.17) is 10.4 Å². The number of rotatable bonds is 7. The van der Waals surface area contributed by atoms with Crippen molar-refractivity contribution in [3.05, 3.63) is 33.9 Å². The van der Waals surface area contributed by atoms with Crippen LogP contribution in [0.2, 0.25) is 0 Å². The average Bonchev–Trinajstić information content (AvgIpc) is 2.42. The highest BCUT2D eigenvalue weighted by atomic mass is 16.6. The third-order valence-corrected chi connectivity index (χ3v) is 2.85. The Morgan fingerprint density at radius 2 is 2.30 bits per heavy atom. The maximum absolute atomic E-state index is 11.0. The van der Waals surface area contributed by atoms with Crippen LogP contribution in [0.3, 0.4) is 0 Å². The van der Waals surface area contributed by atoms with Crippen LogP contribution in [0.4, 0.5) is 11.4 Å². The van der Waals surface area contributed by atoms with Crippen molar-refractivity contribution in [1.29, 1.82) is 5.26 Å². The Morgan fingerprint density at radius 3 is 2.80 bits per heavy atom. The molecule has 0 saturated carbocycles. The molecule has 0 fully saturated rings. The number of aliphatic carboxylic acids is 1. The molecule has 0 aliphatic heterocycles. The summed E-state index contributed by atoms with van der Waals surface area (Å²) < 4.78 is 0. The number of benzene rings is 1. The van der Waals surface area contributed by atoms with Gasteiger partial charge in [-0.3, -0.25) is 14.9 Å². The summed E-state index contributed by atoms with van der Waals surface area (Å²) >= 11 is 0.